The summed E-state index contributed by atoms with van der Waals surface area (Å²) < 4.78 is 45.7. The van der Waals surface area contributed by atoms with Crippen molar-refractivity contribution < 1.29 is 22.7 Å². The molecule has 0 saturated carbocycles. The van der Waals surface area contributed by atoms with Gasteiger partial charge in [-0.1, -0.05) is 0 Å². The molecule has 0 radical (unpaired) electrons. The number of benzene rings is 1. The largest absolute Gasteiger partial charge is 0.492 e. The number of hydrogen-bond acceptors (Lipinski definition) is 5. The smallest absolute Gasteiger partial charge is 0.416 e. The quantitative estimate of drug-likeness (QED) is 0.719. The highest BCUT2D eigenvalue weighted by atomic mass is 19.4. The minimum absolute atomic E-state index is 0.0596. The molecule has 2 heterocycles. The molecule has 7 nitrogen and oxygen atoms in total. The number of halogens is 3. The number of fused-ring (bicyclic) bond motifs is 1. The van der Waals surface area contributed by atoms with Gasteiger partial charge in [-0.2, -0.15) is 18.2 Å². The standard InChI is InChI=1S/C18H18F3N5O2/c1-4-28-14-6-5-12(18(19,20)21)8-13(14)23-16(27)9-15-24-17-22-10(2)7-11(3)26(17)25-15/h5-8H,4,9H2,1-3H3,(H,23,27). The summed E-state index contributed by atoms with van der Waals surface area (Å²) in [7, 11) is 0. The molecule has 1 amide bonds. The minimum Gasteiger partial charge on any atom is -0.492 e. The van der Waals surface area contributed by atoms with Crippen molar-refractivity contribution in [2.24, 2.45) is 0 Å². The van der Waals surface area contributed by atoms with Gasteiger partial charge in [-0.15, -0.1) is 5.10 Å². The van der Waals surface area contributed by atoms with Crippen molar-refractivity contribution in [1.29, 1.82) is 0 Å². The lowest BCUT2D eigenvalue weighted by molar-refractivity contribution is -0.137. The molecule has 0 unspecified atom stereocenters. The van der Waals surface area contributed by atoms with E-state index in [1.165, 1.54) is 10.6 Å². The zero-order chi connectivity index (χ0) is 20.5. The van der Waals surface area contributed by atoms with Crippen molar-refractivity contribution in [3.63, 3.8) is 0 Å². The van der Waals surface area contributed by atoms with E-state index in [-0.39, 0.29) is 30.3 Å². The van der Waals surface area contributed by atoms with Crippen LogP contribution < -0.4 is 10.1 Å². The van der Waals surface area contributed by atoms with Crippen LogP contribution in [0.25, 0.3) is 5.78 Å². The van der Waals surface area contributed by atoms with Crippen LogP contribution in [0.5, 0.6) is 5.75 Å². The van der Waals surface area contributed by atoms with Crippen molar-refractivity contribution in [1.82, 2.24) is 19.6 Å². The van der Waals surface area contributed by atoms with Crippen LogP contribution in [0.2, 0.25) is 0 Å². The third-order valence-corrected chi connectivity index (χ3v) is 3.86. The van der Waals surface area contributed by atoms with Crippen molar-refractivity contribution in [3.8, 4) is 5.75 Å². The summed E-state index contributed by atoms with van der Waals surface area (Å²) >= 11 is 0. The molecule has 148 valence electrons. The molecular weight excluding hydrogens is 375 g/mol. The van der Waals surface area contributed by atoms with Crippen molar-refractivity contribution >= 4 is 17.4 Å². The average molecular weight is 393 g/mol. The van der Waals surface area contributed by atoms with Gasteiger partial charge in [0.2, 0.25) is 5.91 Å². The Balaban J connectivity index is 1.83. The first kappa shape index (κ1) is 19.6. The Morgan fingerprint density at radius 2 is 1.96 bits per heavy atom. The number of aryl methyl sites for hydroxylation is 2. The second-order valence-corrected chi connectivity index (χ2v) is 6.15. The van der Waals surface area contributed by atoms with Crippen molar-refractivity contribution in [3.05, 3.63) is 47.0 Å². The summed E-state index contributed by atoms with van der Waals surface area (Å²) in [4.78, 5) is 20.8. The normalized spacial score (nSPS) is 11.6. The van der Waals surface area contributed by atoms with Crippen molar-refractivity contribution in [2.75, 3.05) is 11.9 Å². The van der Waals surface area contributed by atoms with Crippen LogP contribution in [0, 0.1) is 13.8 Å². The summed E-state index contributed by atoms with van der Waals surface area (Å²) in [6, 6.07) is 4.75. The maximum absolute atomic E-state index is 13.0. The van der Waals surface area contributed by atoms with Gasteiger partial charge in [-0.25, -0.2) is 9.50 Å². The van der Waals surface area contributed by atoms with E-state index in [2.05, 4.69) is 20.4 Å². The summed E-state index contributed by atoms with van der Waals surface area (Å²) in [5.41, 5.74) is 0.625. The molecule has 0 fully saturated rings. The summed E-state index contributed by atoms with van der Waals surface area (Å²) in [5, 5.41) is 6.67. The van der Waals surface area contributed by atoms with E-state index in [4.69, 9.17) is 4.74 Å². The zero-order valence-electron chi connectivity index (χ0n) is 15.5. The molecule has 0 aliphatic rings. The van der Waals surface area contributed by atoms with Gasteiger partial charge in [0.05, 0.1) is 24.3 Å². The van der Waals surface area contributed by atoms with Crippen LogP contribution in [0.3, 0.4) is 0 Å². The summed E-state index contributed by atoms with van der Waals surface area (Å²) in [6.07, 6.45) is -4.75. The van der Waals surface area contributed by atoms with E-state index in [0.717, 1.165) is 23.5 Å². The Kier molecular flexibility index (Phi) is 5.21. The molecular formula is C18H18F3N5O2. The number of nitrogens with one attached hydrogen (secondary N) is 1. The number of ether oxygens (including phenoxy) is 1. The molecule has 0 aliphatic heterocycles. The van der Waals surface area contributed by atoms with Gasteiger partial charge in [0.1, 0.15) is 5.75 Å². The number of hydrogen-bond donors (Lipinski definition) is 1. The van der Waals surface area contributed by atoms with Gasteiger partial charge in [0.15, 0.2) is 5.82 Å². The first-order valence-electron chi connectivity index (χ1n) is 8.51. The van der Waals surface area contributed by atoms with Gasteiger partial charge >= 0.3 is 6.18 Å². The Morgan fingerprint density at radius 3 is 2.64 bits per heavy atom. The van der Waals surface area contributed by atoms with E-state index >= 15 is 0 Å². The van der Waals surface area contributed by atoms with Gasteiger partial charge in [-0.3, -0.25) is 4.79 Å². The van der Waals surface area contributed by atoms with E-state index in [9.17, 15) is 18.0 Å². The molecule has 10 heteroatoms. The predicted molar refractivity (Wildman–Crippen MR) is 95.2 cm³/mol. The number of carbonyl (C=O) groups is 1. The number of amides is 1. The van der Waals surface area contributed by atoms with E-state index in [0.29, 0.717) is 5.78 Å². The molecule has 0 aliphatic carbocycles. The first-order valence-corrected chi connectivity index (χ1v) is 8.51. The number of alkyl halides is 3. The minimum atomic E-state index is -4.53. The Morgan fingerprint density at radius 1 is 1.21 bits per heavy atom. The topological polar surface area (TPSA) is 81.4 Å². The second-order valence-electron chi connectivity index (χ2n) is 6.15. The molecule has 3 aromatic rings. The summed E-state index contributed by atoms with van der Waals surface area (Å²) in [6.45, 7) is 5.59. The van der Waals surface area contributed by atoms with Gasteiger partial charge < -0.3 is 10.1 Å². The molecule has 1 aromatic carbocycles. The highest BCUT2D eigenvalue weighted by Crippen LogP contribution is 2.35. The number of nitrogens with zero attached hydrogens (tertiary/aromatic N) is 4. The van der Waals surface area contributed by atoms with Crippen LogP contribution in [0.1, 0.15) is 29.7 Å². The third kappa shape index (κ3) is 4.21. The van der Waals surface area contributed by atoms with E-state index < -0.39 is 17.6 Å². The van der Waals surface area contributed by atoms with Crippen LogP contribution in [0.15, 0.2) is 24.3 Å². The van der Waals surface area contributed by atoms with Gasteiger partial charge in [0, 0.05) is 11.4 Å². The molecule has 2 aromatic heterocycles. The van der Waals surface area contributed by atoms with Crippen molar-refractivity contribution in [2.45, 2.75) is 33.4 Å². The van der Waals surface area contributed by atoms with Crippen LogP contribution in [0.4, 0.5) is 18.9 Å². The van der Waals surface area contributed by atoms with Crippen LogP contribution in [-0.4, -0.2) is 32.1 Å². The lowest BCUT2D eigenvalue weighted by Gasteiger charge is -2.14. The fraction of sp³-hybridized carbons (Fsp3) is 0.333. The lowest BCUT2D eigenvalue weighted by Crippen LogP contribution is -2.17. The Bertz CT molecular complexity index is 1030. The molecule has 0 atom stereocenters. The fourth-order valence-corrected chi connectivity index (χ4v) is 2.71. The molecule has 28 heavy (non-hydrogen) atoms. The maximum atomic E-state index is 13.0. The van der Waals surface area contributed by atoms with E-state index in [1.54, 1.807) is 6.92 Å². The SMILES string of the molecule is CCOc1ccc(C(F)(F)F)cc1NC(=O)Cc1nc2nc(C)cc(C)n2n1. The van der Waals surface area contributed by atoms with E-state index in [1.807, 2.05) is 19.9 Å². The molecule has 3 rings (SSSR count). The maximum Gasteiger partial charge on any atom is 0.416 e. The lowest BCUT2D eigenvalue weighted by atomic mass is 10.1. The van der Waals surface area contributed by atoms with Gasteiger partial charge in [-0.05, 0) is 45.0 Å². The van der Waals surface area contributed by atoms with Gasteiger partial charge in [0.25, 0.3) is 5.78 Å². The monoisotopic (exact) mass is 393 g/mol. The predicted octanol–water partition coefficient (Wildman–Crippen LogP) is 3.34. The number of aromatic nitrogens is 4. The molecule has 0 saturated heterocycles. The number of rotatable bonds is 5. The Labute approximate surface area is 158 Å². The highest BCUT2D eigenvalue weighted by Gasteiger charge is 2.31. The second kappa shape index (κ2) is 7.45. The number of anilines is 1. The fourth-order valence-electron chi connectivity index (χ4n) is 2.71. The highest BCUT2D eigenvalue weighted by molar-refractivity contribution is 5.93. The molecule has 0 spiro atoms. The first-order chi connectivity index (χ1) is 13.2. The molecule has 0 bridgehead atoms. The zero-order valence-corrected chi connectivity index (χ0v) is 15.5. The van der Waals surface area contributed by atoms with Crippen LogP contribution in [-0.2, 0) is 17.4 Å². The summed E-state index contributed by atoms with van der Waals surface area (Å²) in [5.74, 6) is 0.156. The average Bonchev–Trinajstić information content (AvgIpc) is 2.98. The number of carbonyl (C=O) groups excluding carboxylic acids is 1. The third-order valence-electron chi connectivity index (χ3n) is 3.86. The molecule has 1 N–H and O–H groups in total. The Hall–Kier alpha value is -3.17. The van der Waals surface area contributed by atoms with Crippen LogP contribution >= 0.6 is 0 Å².